The van der Waals surface area contributed by atoms with Crippen molar-refractivity contribution < 1.29 is 18.9 Å². The summed E-state index contributed by atoms with van der Waals surface area (Å²) in [5.74, 6) is 0. The maximum Gasteiger partial charge on any atom is 1.00 e. The van der Waals surface area contributed by atoms with Crippen LogP contribution in [0.4, 0.5) is 0 Å². The third-order valence-corrected chi connectivity index (χ3v) is 3.43. The second-order valence-corrected chi connectivity index (χ2v) is 4.64. The Morgan fingerprint density at radius 1 is 0.938 bits per heavy atom. The molecule has 0 fully saturated rings. The number of hydrogen-bond acceptors (Lipinski definition) is 0. The number of hydrogen-bond donors (Lipinski definition) is 0. The van der Waals surface area contributed by atoms with Crippen LogP contribution in [0.25, 0.3) is 11.1 Å². The molecule has 1 heteroatoms. The Hall–Kier alpha value is -0.963. The van der Waals surface area contributed by atoms with Crippen molar-refractivity contribution >= 4 is 0 Å². The van der Waals surface area contributed by atoms with Crippen molar-refractivity contribution in [3.05, 3.63) is 59.7 Å². The third kappa shape index (κ3) is 1.38. The first-order chi connectivity index (χ1) is 7.21. The second kappa shape index (κ2) is 3.81. The van der Waals surface area contributed by atoms with Gasteiger partial charge >= 0.3 is 18.9 Å². The average Bonchev–Trinajstić information content (AvgIpc) is 2.51. The summed E-state index contributed by atoms with van der Waals surface area (Å²) in [7, 11) is 0. The molecule has 0 amide bonds. The molecule has 0 bridgehead atoms. The second-order valence-electron chi connectivity index (χ2n) is 4.64. The zero-order valence-electron chi connectivity index (χ0n) is 10.0. The van der Waals surface area contributed by atoms with Gasteiger partial charge in [-0.3, -0.25) is 0 Å². The molecule has 0 saturated heterocycles. The van der Waals surface area contributed by atoms with Gasteiger partial charge in [-0.25, -0.2) is 0 Å². The standard InChI is InChI=1S/C15H13.Li/c1-15(2)13-9-5-3-7-11(13)12-8-4-6-10-14(12)15;/h3-5,7-10H,1-2H3;/q-1;+1. The van der Waals surface area contributed by atoms with Crippen molar-refractivity contribution in [2.75, 3.05) is 0 Å². The molecule has 0 atom stereocenters. The molecule has 0 heterocycles. The molecule has 0 aromatic heterocycles. The van der Waals surface area contributed by atoms with Gasteiger partial charge in [0.15, 0.2) is 0 Å². The SMILES string of the molecule is CC1(C)c2c[c-]ccc2-c2ccccc21.[Li+]. The van der Waals surface area contributed by atoms with Gasteiger partial charge in [0, 0.05) is 0 Å². The van der Waals surface area contributed by atoms with Crippen molar-refractivity contribution in [1.29, 1.82) is 0 Å². The van der Waals surface area contributed by atoms with E-state index >= 15 is 0 Å². The summed E-state index contributed by atoms with van der Waals surface area (Å²) in [6.07, 6.45) is 0. The number of fused-ring (bicyclic) bond motifs is 3. The molecule has 0 saturated carbocycles. The zero-order valence-corrected chi connectivity index (χ0v) is 10.0. The first-order valence-electron chi connectivity index (χ1n) is 5.32. The molecule has 1 aliphatic carbocycles. The maximum absolute atomic E-state index is 3.18. The van der Waals surface area contributed by atoms with Crippen LogP contribution >= 0.6 is 0 Å². The fraction of sp³-hybridized carbons (Fsp3) is 0.200. The van der Waals surface area contributed by atoms with Crippen LogP contribution < -0.4 is 18.9 Å². The molecule has 2 aromatic rings. The summed E-state index contributed by atoms with van der Waals surface area (Å²) in [5.41, 5.74) is 5.70. The van der Waals surface area contributed by atoms with E-state index in [9.17, 15) is 0 Å². The summed E-state index contributed by atoms with van der Waals surface area (Å²) in [6.45, 7) is 4.57. The quantitative estimate of drug-likeness (QED) is 0.436. The minimum absolute atomic E-state index is 0. The van der Waals surface area contributed by atoms with Gasteiger partial charge in [0.1, 0.15) is 0 Å². The van der Waals surface area contributed by atoms with E-state index in [1.54, 1.807) is 0 Å². The van der Waals surface area contributed by atoms with Crippen molar-refractivity contribution in [2.45, 2.75) is 19.3 Å². The molecule has 0 nitrogen and oxygen atoms in total. The molecule has 0 spiro atoms. The van der Waals surface area contributed by atoms with Gasteiger partial charge in [-0.15, -0.1) is 11.1 Å². The summed E-state index contributed by atoms with van der Waals surface area (Å²) in [6, 6.07) is 18.1. The van der Waals surface area contributed by atoms with Crippen molar-refractivity contribution in [2.24, 2.45) is 0 Å². The maximum atomic E-state index is 3.18. The van der Waals surface area contributed by atoms with Gasteiger partial charge in [-0.05, 0) is 16.5 Å². The van der Waals surface area contributed by atoms with E-state index in [1.807, 2.05) is 6.07 Å². The molecule has 3 rings (SSSR count). The minimum atomic E-state index is 0. The number of benzene rings is 2. The third-order valence-electron chi connectivity index (χ3n) is 3.43. The molecule has 0 aliphatic heterocycles. The summed E-state index contributed by atoms with van der Waals surface area (Å²) < 4.78 is 0. The smallest absolute Gasteiger partial charge is 0.183 e. The predicted octanol–water partition coefficient (Wildman–Crippen LogP) is 0.797. The summed E-state index contributed by atoms with van der Waals surface area (Å²) >= 11 is 0. The van der Waals surface area contributed by atoms with Crippen LogP contribution in [0.15, 0.2) is 42.5 Å². The van der Waals surface area contributed by atoms with Gasteiger partial charge in [0.05, 0.1) is 0 Å². The first kappa shape index (κ1) is 11.5. The first-order valence-corrected chi connectivity index (χ1v) is 5.32. The van der Waals surface area contributed by atoms with Crippen molar-refractivity contribution in [1.82, 2.24) is 0 Å². The van der Waals surface area contributed by atoms with E-state index < -0.39 is 0 Å². The predicted molar refractivity (Wildman–Crippen MR) is 62.8 cm³/mol. The van der Waals surface area contributed by atoms with Crippen LogP contribution in [0.1, 0.15) is 25.0 Å². The monoisotopic (exact) mass is 200 g/mol. The molecule has 0 unspecified atom stereocenters. The molecule has 0 N–H and O–H groups in total. The number of rotatable bonds is 0. The van der Waals surface area contributed by atoms with Crippen LogP contribution in [0.2, 0.25) is 0 Å². The summed E-state index contributed by atoms with van der Waals surface area (Å²) in [5, 5.41) is 0. The molecule has 0 radical (unpaired) electrons. The molecular weight excluding hydrogens is 187 g/mol. The van der Waals surface area contributed by atoms with Gasteiger partial charge < -0.3 is 0 Å². The van der Waals surface area contributed by atoms with E-state index in [4.69, 9.17) is 0 Å². The summed E-state index contributed by atoms with van der Waals surface area (Å²) in [4.78, 5) is 0. The molecular formula is C15H13Li. The van der Waals surface area contributed by atoms with E-state index in [0.717, 1.165) is 0 Å². The Morgan fingerprint density at radius 3 is 2.44 bits per heavy atom. The van der Waals surface area contributed by atoms with Crippen LogP contribution in [0, 0.1) is 6.07 Å². The minimum Gasteiger partial charge on any atom is -0.183 e. The van der Waals surface area contributed by atoms with E-state index in [2.05, 4.69) is 56.3 Å². The topological polar surface area (TPSA) is 0 Å². The fourth-order valence-electron chi connectivity index (χ4n) is 2.59. The van der Waals surface area contributed by atoms with Gasteiger partial charge in [-0.2, -0.15) is 24.3 Å². The van der Waals surface area contributed by atoms with Crippen molar-refractivity contribution in [3.8, 4) is 11.1 Å². The Morgan fingerprint density at radius 2 is 1.62 bits per heavy atom. The van der Waals surface area contributed by atoms with E-state index in [0.29, 0.717) is 0 Å². The molecule has 74 valence electrons. The van der Waals surface area contributed by atoms with Crippen LogP contribution in [-0.4, -0.2) is 0 Å². The van der Waals surface area contributed by atoms with E-state index in [-0.39, 0.29) is 24.3 Å². The molecule has 2 aromatic carbocycles. The largest absolute Gasteiger partial charge is 1.00 e. The van der Waals surface area contributed by atoms with Crippen LogP contribution in [0.3, 0.4) is 0 Å². The fourth-order valence-corrected chi connectivity index (χ4v) is 2.59. The van der Waals surface area contributed by atoms with E-state index in [1.165, 1.54) is 22.3 Å². The Bertz CT molecular complexity index is 479. The van der Waals surface area contributed by atoms with Crippen LogP contribution in [0.5, 0.6) is 0 Å². The van der Waals surface area contributed by atoms with Crippen LogP contribution in [-0.2, 0) is 5.41 Å². The van der Waals surface area contributed by atoms with Gasteiger partial charge in [-0.1, -0.05) is 38.1 Å². The van der Waals surface area contributed by atoms with Gasteiger partial charge in [0.25, 0.3) is 0 Å². The Balaban J connectivity index is 0.000000963. The van der Waals surface area contributed by atoms with Gasteiger partial charge in [0.2, 0.25) is 0 Å². The molecule has 16 heavy (non-hydrogen) atoms. The molecule has 1 aliphatic rings. The normalized spacial score (nSPS) is 14.9. The Kier molecular flexibility index (Phi) is 2.74. The van der Waals surface area contributed by atoms with Crippen molar-refractivity contribution in [3.63, 3.8) is 0 Å². The Labute approximate surface area is 109 Å². The zero-order chi connectivity index (χ0) is 10.5. The average molecular weight is 200 g/mol.